The van der Waals surface area contributed by atoms with Gasteiger partial charge in [0.1, 0.15) is 18.2 Å². The number of hydrogen-bond donors (Lipinski definition) is 1. The van der Waals surface area contributed by atoms with Gasteiger partial charge in [0.2, 0.25) is 16.9 Å². The average Bonchev–Trinajstić information content (AvgIpc) is 3.28. The van der Waals surface area contributed by atoms with Crippen molar-refractivity contribution in [3.8, 4) is 11.5 Å². The second kappa shape index (κ2) is 7.05. The molecule has 4 rings (SSSR count). The molecule has 1 atom stereocenters. The van der Waals surface area contributed by atoms with Gasteiger partial charge in [0.15, 0.2) is 11.5 Å². The molecule has 1 N–H and O–H groups in total. The number of carbonyl (C=O) groups excluding carboxylic acids is 2. The van der Waals surface area contributed by atoms with E-state index in [1.165, 1.54) is 11.3 Å². The largest absolute Gasteiger partial charge is 0.486 e. The van der Waals surface area contributed by atoms with Crippen LogP contribution in [0.15, 0.2) is 18.2 Å². The first kappa shape index (κ1) is 18.7. The normalized spacial score (nSPS) is 19.0. The summed E-state index contributed by atoms with van der Waals surface area (Å²) in [6.45, 7) is 7.43. The molecule has 148 valence electrons. The van der Waals surface area contributed by atoms with Crippen molar-refractivity contribution >= 4 is 34.0 Å². The second-order valence-corrected chi connectivity index (χ2v) is 8.86. The highest BCUT2D eigenvalue weighted by molar-refractivity contribution is 7.15. The van der Waals surface area contributed by atoms with Crippen molar-refractivity contribution in [1.82, 2.24) is 10.2 Å². The molecule has 1 saturated heterocycles. The molecule has 0 unspecified atom stereocenters. The topological polar surface area (TPSA) is 93.7 Å². The van der Waals surface area contributed by atoms with Crippen LogP contribution in [-0.2, 0) is 15.0 Å². The van der Waals surface area contributed by atoms with E-state index >= 15 is 0 Å². The molecule has 2 aliphatic heterocycles. The first-order chi connectivity index (χ1) is 13.3. The fourth-order valence-electron chi connectivity index (χ4n) is 3.12. The van der Waals surface area contributed by atoms with Crippen molar-refractivity contribution in [3.05, 3.63) is 23.2 Å². The maximum absolute atomic E-state index is 12.6. The Morgan fingerprint density at radius 2 is 1.96 bits per heavy atom. The Bertz CT molecular complexity index is 921. The molecular weight excluding hydrogens is 380 g/mol. The zero-order valence-electron chi connectivity index (χ0n) is 16.0. The number of benzene rings is 1. The molecule has 1 fully saturated rings. The molecule has 0 bridgehead atoms. The number of ether oxygens (including phenoxy) is 2. The van der Waals surface area contributed by atoms with Crippen LogP contribution in [0, 0.1) is 5.92 Å². The molecule has 9 heteroatoms. The van der Waals surface area contributed by atoms with E-state index in [0.717, 1.165) is 5.01 Å². The molecule has 2 aliphatic rings. The highest BCUT2D eigenvalue weighted by Crippen LogP contribution is 2.36. The standard InChI is InChI=1S/C19H22N4O4S/c1-19(2,3)17-21-22-18(28-17)20-16(25)11-8-15(24)23(10-11)12-4-5-13-14(9-12)27-7-6-26-13/h4-5,9,11H,6-8,10H2,1-3H3,(H,20,22,25)/t11-/m1/s1. The fourth-order valence-corrected chi connectivity index (χ4v) is 3.92. The van der Waals surface area contributed by atoms with Crippen LogP contribution in [0.25, 0.3) is 0 Å². The van der Waals surface area contributed by atoms with E-state index in [4.69, 9.17) is 9.47 Å². The van der Waals surface area contributed by atoms with Crippen molar-refractivity contribution in [2.45, 2.75) is 32.6 Å². The van der Waals surface area contributed by atoms with Crippen LogP contribution in [0.3, 0.4) is 0 Å². The molecule has 0 aliphatic carbocycles. The smallest absolute Gasteiger partial charge is 0.231 e. The molecule has 1 aromatic carbocycles. The number of nitrogens with zero attached hydrogens (tertiary/aromatic N) is 3. The summed E-state index contributed by atoms with van der Waals surface area (Å²) in [6.07, 6.45) is 0.158. The molecule has 3 heterocycles. The summed E-state index contributed by atoms with van der Waals surface area (Å²) in [6, 6.07) is 5.39. The van der Waals surface area contributed by atoms with Crippen molar-refractivity contribution in [1.29, 1.82) is 0 Å². The van der Waals surface area contributed by atoms with Crippen LogP contribution >= 0.6 is 11.3 Å². The molecule has 2 aromatic rings. The van der Waals surface area contributed by atoms with Crippen LogP contribution in [0.1, 0.15) is 32.2 Å². The summed E-state index contributed by atoms with van der Waals surface area (Å²) in [5.41, 5.74) is 0.578. The van der Waals surface area contributed by atoms with Crippen molar-refractivity contribution in [2.24, 2.45) is 5.92 Å². The number of hydrogen-bond acceptors (Lipinski definition) is 7. The molecule has 0 spiro atoms. The summed E-state index contributed by atoms with van der Waals surface area (Å²) in [5, 5.41) is 12.3. The van der Waals surface area contributed by atoms with Gasteiger partial charge in [0.25, 0.3) is 0 Å². The quantitative estimate of drug-likeness (QED) is 0.848. The third kappa shape index (κ3) is 3.66. The fraction of sp³-hybridized carbons (Fsp3) is 0.474. The number of aromatic nitrogens is 2. The Labute approximate surface area is 166 Å². The van der Waals surface area contributed by atoms with E-state index in [-0.39, 0.29) is 23.7 Å². The number of anilines is 2. The Morgan fingerprint density at radius 1 is 1.21 bits per heavy atom. The van der Waals surface area contributed by atoms with E-state index in [2.05, 4.69) is 15.5 Å². The van der Waals surface area contributed by atoms with Crippen LogP contribution in [0.4, 0.5) is 10.8 Å². The number of fused-ring (bicyclic) bond motifs is 1. The molecule has 0 radical (unpaired) electrons. The minimum Gasteiger partial charge on any atom is -0.486 e. The molecule has 8 nitrogen and oxygen atoms in total. The van der Waals surface area contributed by atoms with Gasteiger partial charge < -0.3 is 19.7 Å². The molecule has 28 heavy (non-hydrogen) atoms. The van der Waals surface area contributed by atoms with E-state index in [1.807, 2.05) is 26.8 Å². The highest BCUT2D eigenvalue weighted by Gasteiger charge is 2.36. The van der Waals surface area contributed by atoms with Gasteiger partial charge in [-0.3, -0.25) is 9.59 Å². The lowest BCUT2D eigenvalue weighted by Gasteiger charge is -2.22. The summed E-state index contributed by atoms with van der Waals surface area (Å²) in [7, 11) is 0. The third-order valence-electron chi connectivity index (χ3n) is 4.63. The summed E-state index contributed by atoms with van der Waals surface area (Å²) in [5.74, 6) is 0.534. The van der Waals surface area contributed by atoms with E-state index in [9.17, 15) is 9.59 Å². The number of rotatable bonds is 3. The lowest BCUT2D eigenvalue weighted by Crippen LogP contribution is -2.28. The van der Waals surface area contributed by atoms with Gasteiger partial charge in [-0.15, -0.1) is 10.2 Å². The van der Waals surface area contributed by atoms with Crippen LogP contribution in [0.2, 0.25) is 0 Å². The Hall–Kier alpha value is -2.68. The van der Waals surface area contributed by atoms with Crippen LogP contribution in [-0.4, -0.2) is 41.8 Å². The molecular formula is C19H22N4O4S. The predicted molar refractivity (Wildman–Crippen MR) is 105 cm³/mol. The van der Waals surface area contributed by atoms with Crippen LogP contribution < -0.4 is 19.7 Å². The summed E-state index contributed by atoms with van der Waals surface area (Å²) in [4.78, 5) is 26.7. The maximum Gasteiger partial charge on any atom is 0.231 e. The Morgan fingerprint density at radius 3 is 2.68 bits per heavy atom. The van der Waals surface area contributed by atoms with Gasteiger partial charge in [-0.05, 0) is 12.1 Å². The van der Waals surface area contributed by atoms with Gasteiger partial charge in [0, 0.05) is 30.1 Å². The lowest BCUT2D eigenvalue weighted by atomic mass is 9.98. The number of carbonyl (C=O) groups is 2. The van der Waals surface area contributed by atoms with Gasteiger partial charge in [-0.1, -0.05) is 32.1 Å². The summed E-state index contributed by atoms with van der Waals surface area (Å²) < 4.78 is 11.1. The minimum absolute atomic E-state index is 0.0931. The predicted octanol–water partition coefficient (Wildman–Crippen LogP) is 2.60. The molecule has 2 amide bonds. The average molecular weight is 402 g/mol. The number of nitrogens with one attached hydrogen (secondary N) is 1. The third-order valence-corrected chi connectivity index (χ3v) is 5.89. The van der Waals surface area contributed by atoms with Crippen molar-refractivity contribution in [3.63, 3.8) is 0 Å². The van der Waals surface area contributed by atoms with Gasteiger partial charge in [0.05, 0.1) is 5.92 Å². The number of amides is 2. The maximum atomic E-state index is 12.6. The first-order valence-electron chi connectivity index (χ1n) is 9.16. The van der Waals surface area contributed by atoms with E-state index in [0.29, 0.717) is 42.1 Å². The van der Waals surface area contributed by atoms with E-state index < -0.39 is 5.92 Å². The summed E-state index contributed by atoms with van der Waals surface area (Å²) >= 11 is 1.36. The van der Waals surface area contributed by atoms with Crippen molar-refractivity contribution in [2.75, 3.05) is 30.0 Å². The van der Waals surface area contributed by atoms with Gasteiger partial charge >= 0.3 is 0 Å². The van der Waals surface area contributed by atoms with E-state index in [1.54, 1.807) is 17.0 Å². The lowest BCUT2D eigenvalue weighted by molar-refractivity contribution is -0.122. The minimum atomic E-state index is -0.442. The van der Waals surface area contributed by atoms with Gasteiger partial charge in [-0.25, -0.2) is 0 Å². The Balaban J connectivity index is 1.44. The van der Waals surface area contributed by atoms with Gasteiger partial charge in [-0.2, -0.15) is 0 Å². The van der Waals surface area contributed by atoms with Crippen LogP contribution in [0.5, 0.6) is 11.5 Å². The molecule has 1 aromatic heterocycles. The first-order valence-corrected chi connectivity index (χ1v) is 9.98. The SMILES string of the molecule is CC(C)(C)c1nnc(NC(=O)[C@@H]2CC(=O)N(c3ccc4c(c3)OCCO4)C2)s1. The zero-order chi connectivity index (χ0) is 19.9. The zero-order valence-corrected chi connectivity index (χ0v) is 16.8. The monoisotopic (exact) mass is 402 g/mol. The second-order valence-electron chi connectivity index (χ2n) is 7.88. The highest BCUT2D eigenvalue weighted by atomic mass is 32.1. The molecule has 0 saturated carbocycles. The van der Waals surface area contributed by atoms with Crippen molar-refractivity contribution < 1.29 is 19.1 Å². The Kier molecular flexibility index (Phi) is 4.70.